The summed E-state index contributed by atoms with van der Waals surface area (Å²) in [5.41, 5.74) is 0. The number of carboxylic acids is 1. The molecule has 0 bridgehead atoms. The van der Waals surface area contributed by atoms with Gasteiger partial charge < -0.3 is 0 Å². The summed E-state index contributed by atoms with van der Waals surface area (Å²) in [4.78, 5) is 23.2. The van der Waals surface area contributed by atoms with E-state index in [0.29, 0.717) is 4.88 Å². The van der Waals surface area contributed by atoms with E-state index in [1.54, 1.807) is 0 Å². The first-order valence-electron chi connectivity index (χ1n) is 5.78. The third-order valence-electron chi connectivity index (χ3n) is 2.67. The SMILES string of the molecule is O=C([AsH][C@@H](CC(Cl)Cl)C(=O)O)c1cc2ccccc2s1. The first kappa shape index (κ1) is 15.8. The maximum atomic E-state index is 12.2. The van der Waals surface area contributed by atoms with Crippen molar-refractivity contribution in [3.8, 4) is 0 Å². The van der Waals surface area contributed by atoms with E-state index in [2.05, 4.69) is 0 Å². The van der Waals surface area contributed by atoms with Gasteiger partial charge in [-0.2, -0.15) is 0 Å². The third-order valence-corrected chi connectivity index (χ3v) is 7.38. The number of alkyl halides is 2. The molecule has 0 fully saturated rings. The fraction of sp³-hybridized carbons (Fsp3) is 0.231. The average Bonchev–Trinajstić information content (AvgIpc) is 2.81. The standard InChI is InChI=1S/C13H11AsCl2O3S/c15-11(16)6-8(13(18)19)14-12(17)10-5-7-3-1-2-4-9(7)20-10/h1-5,8,11,14H,6H2,(H,18,19)/t8-/m0/s1. The van der Waals surface area contributed by atoms with Crippen molar-refractivity contribution in [3.63, 3.8) is 0 Å². The number of carbonyl (C=O) groups excluding carboxylic acids is 1. The van der Waals surface area contributed by atoms with Crippen LogP contribution in [0.3, 0.4) is 0 Å². The number of fused-ring (bicyclic) bond motifs is 1. The van der Waals surface area contributed by atoms with E-state index in [1.165, 1.54) is 11.3 Å². The molecule has 106 valence electrons. The summed E-state index contributed by atoms with van der Waals surface area (Å²) in [5.74, 6) is -0.995. The number of carbonyl (C=O) groups is 2. The van der Waals surface area contributed by atoms with Crippen molar-refractivity contribution in [2.75, 3.05) is 0 Å². The number of rotatable bonds is 6. The van der Waals surface area contributed by atoms with Gasteiger partial charge in [0, 0.05) is 0 Å². The van der Waals surface area contributed by atoms with E-state index in [0.717, 1.165) is 10.1 Å². The van der Waals surface area contributed by atoms with E-state index in [-0.39, 0.29) is 11.0 Å². The Hall–Kier alpha value is -0.542. The number of aliphatic carboxylic acids is 1. The van der Waals surface area contributed by atoms with Crippen LogP contribution in [0.25, 0.3) is 10.1 Å². The molecule has 2 aromatic rings. The summed E-state index contributed by atoms with van der Waals surface area (Å²) in [6, 6.07) is 9.52. The third kappa shape index (κ3) is 3.98. The Bertz CT molecular complexity index is 608. The molecule has 0 amide bonds. The second kappa shape index (κ2) is 6.95. The number of halogens is 2. The second-order valence-electron chi connectivity index (χ2n) is 4.14. The Morgan fingerprint density at radius 1 is 1.30 bits per heavy atom. The van der Waals surface area contributed by atoms with Gasteiger partial charge >= 0.3 is 137 Å². The Morgan fingerprint density at radius 3 is 2.60 bits per heavy atom. The Morgan fingerprint density at radius 2 is 2.00 bits per heavy atom. The topological polar surface area (TPSA) is 54.4 Å². The summed E-state index contributed by atoms with van der Waals surface area (Å²) in [6.07, 6.45) is 0.120. The molecule has 2 rings (SSSR count). The fourth-order valence-corrected chi connectivity index (χ4v) is 6.36. The van der Waals surface area contributed by atoms with E-state index in [9.17, 15) is 9.59 Å². The molecule has 0 aliphatic carbocycles. The minimum atomic E-state index is -1.34. The van der Waals surface area contributed by atoms with E-state index in [4.69, 9.17) is 28.3 Å². The molecule has 0 radical (unpaired) electrons. The van der Waals surface area contributed by atoms with Gasteiger partial charge in [0.25, 0.3) is 0 Å². The van der Waals surface area contributed by atoms with Crippen molar-refractivity contribution >= 4 is 70.9 Å². The molecule has 2 atom stereocenters. The maximum absolute atomic E-state index is 12.2. The molecule has 0 spiro atoms. The van der Waals surface area contributed by atoms with Crippen LogP contribution in [0.5, 0.6) is 0 Å². The first-order chi connectivity index (χ1) is 9.47. The monoisotopic (exact) mass is 392 g/mol. The normalized spacial score (nSPS) is 13.3. The number of benzene rings is 1. The summed E-state index contributed by atoms with van der Waals surface area (Å²) in [7, 11) is 0. The summed E-state index contributed by atoms with van der Waals surface area (Å²) in [5, 5.41) is 10.1. The fourth-order valence-electron chi connectivity index (χ4n) is 1.72. The van der Waals surface area contributed by atoms with Crippen LogP contribution < -0.4 is 0 Å². The zero-order valence-electron chi connectivity index (χ0n) is 10.2. The Balaban J connectivity index is 2.15. The van der Waals surface area contributed by atoms with Crippen LogP contribution in [-0.2, 0) is 4.79 Å². The molecule has 0 aliphatic rings. The first-order valence-corrected chi connectivity index (χ1v) is 9.72. The molecule has 1 unspecified atom stereocenters. The predicted molar refractivity (Wildman–Crippen MR) is 84.8 cm³/mol. The molecule has 0 saturated carbocycles. The Labute approximate surface area is 136 Å². The summed E-state index contributed by atoms with van der Waals surface area (Å²) >= 11 is 11.3. The minimum absolute atomic E-state index is 0.0624. The van der Waals surface area contributed by atoms with Crippen LogP contribution in [0.1, 0.15) is 16.1 Å². The molecule has 1 N–H and O–H groups in total. The van der Waals surface area contributed by atoms with Crippen molar-refractivity contribution in [2.45, 2.75) is 16.0 Å². The number of hydrogen-bond donors (Lipinski definition) is 1. The van der Waals surface area contributed by atoms with Crippen molar-refractivity contribution < 1.29 is 14.7 Å². The second-order valence-corrected chi connectivity index (χ2v) is 9.52. The van der Waals surface area contributed by atoms with Crippen LogP contribution in [0, 0.1) is 0 Å². The van der Waals surface area contributed by atoms with E-state index in [1.807, 2.05) is 30.3 Å². The average molecular weight is 393 g/mol. The molecule has 1 aromatic carbocycles. The van der Waals surface area contributed by atoms with Crippen LogP contribution >= 0.6 is 34.5 Å². The van der Waals surface area contributed by atoms with Crippen LogP contribution in [0.2, 0.25) is 4.71 Å². The number of thiophene rings is 1. The quantitative estimate of drug-likeness (QED) is 0.604. The molecule has 20 heavy (non-hydrogen) atoms. The summed E-state index contributed by atoms with van der Waals surface area (Å²) in [6.45, 7) is 0. The van der Waals surface area contributed by atoms with Crippen molar-refractivity contribution in [2.24, 2.45) is 0 Å². The summed E-state index contributed by atoms with van der Waals surface area (Å²) < 4.78 is 0.238. The van der Waals surface area contributed by atoms with Crippen LogP contribution in [0.15, 0.2) is 30.3 Å². The van der Waals surface area contributed by atoms with Gasteiger partial charge in [-0.05, 0) is 0 Å². The Kier molecular flexibility index (Phi) is 5.50. The molecule has 0 aliphatic heterocycles. The van der Waals surface area contributed by atoms with Gasteiger partial charge in [0.15, 0.2) is 0 Å². The van der Waals surface area contributed by atoms with Crippen LogP contribution in [-0.4, -0.2) is 36.2 Å². The van der Waals surface area contributed by atoms with Gasteiger partial charge in [-0.25, -0.2) is 0 Å². The molecular weight excluding hydrogens is 382 g/mol. The van der Waals surface area contributed by atoms with Crippen molar-refractivity contribution in [1.29, 1.82) is 0 Å². The number of carboxylic acid groups (broad SMARTS) is 1. The van der Waals surface area contributed by atoms with Gasteiger partial charge in [-0.1, -0.05) is 0 Å². The predicted octanol–water partition coefficient (Wildman–Crippen LogP) is 3.54. The molecule has 7 heteroatoms. The van der Waals surface area contributed by atoms with Gasteiger partial charge in [0.05, 0.1) is 0 Å². The molecule has 0 saturated heterocycles. The molecule has 1 aromatic heterocycles. The molecule has 3 nitrogen and oxygen atoms in total. The molecular formula is C13H11AsCl2O3S. The number of hydrogen-bond acceptors (Lipinski definition) is 3. The zero-order chi connectivity index (χ0) is 14.7. The van der Waals surface area contributed by atoms with E-state index < -0.39 is 31.3 Å². The van der Waals surface area contributed by atoms with E-state index >= 15 is 0 Å². The van der Waals surface area contributed by atoms with Gasteiger partial charge in [0.2, 0.25) is 0 Å². The van der Waals surface area contributed by atoms with Crippen molar-refractivity contribution in [1.82, 2.24) is 0 Å². The van der Waals surface area contributed by atoms with Crippen molar-refractivity contribution in [3.05, 3.63) is 35.2 Å². The van der Waals surface area contributed by atoms with Gasteiger partial charge in [-0.3, -0.25) is 0 Å². The van der Waals surface area contributed by atoms with Gasteiger partial charge in [0.1, 0.15) is 0 Å². The molecule has 1 heterocycles. The zero-order valence-corrected chi connectivity index (χ0v) is 14.6. The van der Waals surface area contributed by atoms with Crippen LogP contribution in [0.4, 0.5) is 0 Å². The van der Waals surface area contributed by atoms with Gasteiger partial charge in [-0.15, -0.1) is 0 Å².